The van der Waals surface area contributed by atoms with Gasteiger partial charge < -0.3 is 10.6 Å². The lowest BCUT2D eigenvalue weighted by molar-refractivity contribution is -0.116. The molecule has 1 aromatic heterocycles. The molecule has 5 nitrogen and oxygen atoms in total. The first-order valence-corrected chi connectivity index (χ1v) is 6.11. The van der Waals surface area contributed by atoms with E-state index < -0.39 is 6.43 Å². The van der Waals surface area contributed by atoms with Gasteiger partial charge in [0.1, 0.15) is 0 Å². The number of rotatable bonds is 4. The highest BCUT2D eigenvalue weighted by Gasteiger charge is 2.19. The highest BCUT2D eigenvalue weighted by atomic mass is 32.1. The Balaban J connectivity index is 1.84. The van der Waals surface area contributed by atoms with Gasteiger partial charge in [-0.25, -0.2) is 8.78 Å². The molecule has 1 unspecified atom stereocenters. The van der Waals surface area contributed by atoms with Gasteiger partial charge in [0.2, 0.25) is 11.0 Å². The van der Waals surface area contributed by atoms with Gasteiger partial charge in [-0.3, -0.25) is 4.79 Å². The first kappa shape index (κ1) is 12.3. The maximum Gasteiger partial charge on any atom is 0.291 e. The molecule has 0 aliphatic carbocycles. The molecule has 1 saturated heterocycles. The third-order valence-corrected chi connectivity index (χ3v) is 3.31. The van der Waals surface area contributed by atoms with Crippen LogP contribution in [0.1, 0.15) is 30.7 Å². The minimum Gasteiger partial charge on any atom is -0.313 e. The van der Waals surface area contributed by atoms with E-state index in [1.165, 1.54) is 0 Å². The number of alkyl halides is 2. The molecule has 0 saturated carbocycles. The highest BCUT2D eigenvalue weighted by Crippen LogP contribution is 2.25. The molecule has 2 rings (SSSR count). The fourth-order valence-electron chi connectivity index (χ4n) is 1.70. The van der Waals surface area contributed by atoms with Gasteiger partial charge in [0.05, 0.1) is 0 Å². The molecule has 2 N–H and O–H groups in total. The Morgan fingerprint density at radius 2 is 2.41 bits per heavy atom. The van der Waals surface area contributed by atoms with Crippen LogP contribution in [-0.2, 0) is 4.79 Å². The molecule has 0 bridgehead atoms. The van der Waals surface area contributed by atoms with Crippen LogP contribution in [0.4, 0.5) is 13.9 Å². The summed E-state index contributed by atoms with van der Waals surface area (Å²) < 4.78 is 24.5. The third-order valence-electron chi connectivity index (χ3n) is 2.47. The van der Waals surface area contributed by atoms with Crippen molar-refractivity contribution in [2.75, 3.05) is 11.9 Å². The van der Waals surface area contributed by atoms with E-state index in [1.807, 2.05) is 0 Å². The van der Waals surface area contributed by atoms with Crippen LogP contribution >= 0.6 is 11.3 Å². The number of nitrogens with one attached hydrogen (secondary N) is 2. The normalized spacial score (nSPS) is 19.8. The molecular weight excluding hydrogens is 250 g/mol. The van der Waals surface area contributed by atoms with Gasteiger partial charge in [-0.2, -0.15) is 0 Å². The summed E-state index contributed by atoms with van der Waals surface area (Å²) >= 11 is 0.703. The van der Waals surface area contributed by atoms with Crippen molar-refractivity contribution < 1.29 is 13.6 Å². The molecule has 1 fully saturated rings. The van der Waals surface area contributed by atoms with Crippen molar-refractivity contribution in [2.45, 2.75) is 31.7 Å². The second kappa shape index (κ2) is 5.46. The molecule has 17 heavy (non-hydrogen) atoms. The largest absolute Gasteiger partial charge is 0.313 e. The Labute approximate surface area is 101 Å². The minimum absolute atomic E-state index is 0.128. The first-order valence-electron chi connectivity index (χ1n) is 5.30. The Hall–Kier alpha value is -1.15. The number of hydrogen-bond donors (Lipinski definition) is 2. The average Bonchev–Trinajstić information content (AvgIpc) is 2.88. The van der Waals surface area contributed by atoms with E-state index in [1.54, 1.807) is 0 Å². The van der Waals surface area contributed by atoms with E-state index in [9.17, 15) is 13.6 Å². The van der Waals surface area contributed by atoms with Gasteiger partial charge in [0, 0.05) is 12.5 Å². The molecule has 0 radical (unpaired) electrons. The zero-order valence-corrected chi connectivity index (χ0v) is 9.77. The Morgan fingerprint density at radius 3 is 3.00 bits per heavy atom. The van der Waals surface area contributed by atoms with Crippen LogP contribution in [0, 0.1) is 0 Å². The van der Waals surface area contributed by atoms with E-state index in [0.29, 0.717) is 17.8 Å². The van der Waals surface area contributed by atoms with Crippen LogP contribution in [0.25, 0.3) is 0 Å². The van der Waals surface area contributed by atoms with Crippen LogP contribution in [-0.4, -0.2) is 28.7 Å². The summed E-state index contributed by atoms with van der Waals surface area (Å²) in [5.74, 6) is -0.221. The van der Waals surface area contributed by atoms with Gasteiger partial charge in [0.25, 0.3) is 6.43 Å². The number of nitrogens with zero attached hydrogens (tertiary/aromatic N) is 2. The lowest BCUT2D eigenvalue weighted by Crippen LogP contribution is -2.27. The molecule has 1 amide bonds. The molecule has 94 valence electrons. The van der Waals surface area contributed by atoms with Crippen molar-refractivity contribution in [3.63, 3.8) is 0 Å². The average molecular weight is 262 g/mol. The second-order valence-electron chi connectivity index (χ2n) is 3.79. The fourth-order valence-corrected chi connectivity index (χ4v) is 2.31. The predicted molar refractivity (Wildman–Crippen MR) is 59.1 cm³/mol. The molecule has 1 aliphatic rings. The van der Waals surface area contributed by atoms with Gasteiger partial charge in [-0.1, -0.05) is 11.3 Å². The number of aromatic nitrogens is 2. The lowest BCUT2D eigenvalue weighted by Gasteiger charge is -2.08. The van der Waals surface area contributed by atoms with Crippen molar-refractivity contribution >= 4 is 22.4 Å². The maximum atomic E-state index is 12.2. The van der Waals surface area contributed by atoms with E-state index in [-0.39, 0.29) is 22.1 Å². The van der Waals surface area contributed by atoms with Crippen LogP contribution in [0.2, 0.25) is 0 Å². The van der Waals surface area contributed by atoms with Crippen LogP contribution < -0.4 is 10.6 Å². The van der Waals surface area contributed by atoms with Crippen molar-refractivity contribution in [3.8, 4) is 0 Å². The monoisotopic (exact) mass is 262 g/mol. The van der Waals surface area contributed by atoms with Crippen LogP contribution in [0.15, 0.2) is 0 Å². The fraction of sp³-hybridized carbons (Fsp3) is 0.667. The number of amides is 1. The SMILES string of the molecule is O=C(CC1CCCN1)Nc1nnc(C(F)F)s1. The summed E-state index contributed by atoms with van der Waals surface area (Å²) in [6.45, 7) is 0.923. The topological polar surface area (TPSA) is 66.9 Å². The summed E-state index contributed by atoms with van der Waals surface area (Å²) in [7, 11) is 0. The smallest absolute Gasteiger partial charge is 0.291 e. The zero-order chi connectivity index (χ0) is 12.3. The van der Waals surface area contributed by atoms with E-state index in [2.05, 4.69) is 20.8 Å². The van der Waals surface area contributed by atoms with Crippen LogP contribution in [0.3, 0.4) is 0 Å². The zero-order valence-electron chi connectivity index (χ0n) is 8.95. The minimum atomic E-state index is -2.64. The van der Waals surface area contributed by atoms with E-state index in [4.69, 9.17) is 0 Å². The van der Waals surface area contributed by atoms with Gasteiger partial charge in [-0.15, -0.1) is 10.2 Å². The quantitative estimate of drug-likeness (QED) is 0.864. The standard InChI is InChI=1S/C9H12F2N4OS/c10-7(11)8-14-15-9(17-8)13-6(16)4-5-2-1-3-12-5/h5,7,12H,1-4H2,(H,13,15,16). The van der Waals surface area contributed by atoms with Crippen LogP contribution in [0.5, 0.6) is 0 Å². The molecule has 2 heterocycles. The Bertz CT molecular complexity index is 392. The molecule has 1 aromatic rings. The number of carbonyl (C=O) groups excluding carboxylic acids is 1. The Kier molecular flexibility index (Phi) is 3.95. The summed E-state index contributed by atoms with van der Waals surface area (Å²) in [6, 6.07) is 0.178. The number of anilines is 1. The number of carbonyl (C=O) groups is 1. The van der Waals surface area contributed by atoms with E-state index >= 15 is 0 Å². The molecule has 1 atom stereocenters. The first-order chi connectivity index (χ1) is 8.15. The third kappa shape index (κ3) is 3.40. The molecule has 0 aromatic carbocycles. The van der Waals surface area contributed by atoms with E-state index in [0.717, 1.165) is 19.4 Å². The summed E-state index contributed by atoms with van der Waals surface area (Å²) in [6.07, 6.45) is -0.281. The highest BCUT2D eigenvalue weighted by molar-refractivity contribution is 7.15. The summed E-state index contributed by atoms with van der Waals surface area (Å²) in [5.41, 5.74) is 0. The maximum absolute atomic E-state index is 12.2. The molecular formula is C9H12F2N4OS. The Morgan fingerprint density at radius 1 is 1.59 bits per heavy atom. The van der Waals surface area contributed by atoms with Crippen molar-refractivity contribution in [1.82, 2.24) is 15.5 Å². The second-order valence-corrected chi connectivity index (χ2v) is 4.80. The lowest BCUT2D eigenvalue weighted by atomic mass is 10.1. The van der Waals surface area contributed by atoms with Gasteiger partial charge in [-0.05, 0) is 19.4 Å². The summed E-state index contributed by atoms with van der Waals surface area (Å²) in [4.78, 5) is 11.5. The van der Waals surface area contributed by atoms with Crippen molar-refractivity contribution in [1.29, 1.82) is 0 Å². The summed E-state index contributed by atoms with van der Waals surface area (Å²) in [5, 5.41) is 12.2. The van der Waals surface area contributed by atoms with Gasteiger partial charge >= 0.3 is 0 Å². The molecule has 0 spiro atoms. The number of halogens is 2. The number of hydrogen-bond acceptors (Lipinski definition) is 5. The van der Waals surface area contributed by atoms with Crippen molar-refractivity contribution in [3.05, 3.63) is 5.01 Å². The van der Waals surface area contributed by atoms with Gasteiger partial charge in [0.15, 0.2) is 5.01 Å². The molecule has 8 heteroatoms. The predicted octanol–water partition coefficient (Wildman–Crippen LogP) is 1.56. The van der Waals surface area contributed by atoms with Crippen molar-refractivity contribution in [2.24, 2.45) is 0 Å². The molecule has 1 aliphatic heterocycles.